The molecule has 4 rings (SSSR count). The Morgan fingerprint density at radius 1 is 1.10 bits per heavy atom. The summed E-state index contributed by atoms with van der Waals surface area (Å²) in [5.74, 6) is 1.55. The van der Waals surface area contributed by atoms with Crippen LogP contribution in [0.25, 0.3) is 22.1 Å². The van der Waals surface area contributed by atoms with Gasteiger partial charge in [0.15, 0.2) is 5.16 Å². The number of nitrogens with one attached hydrogen (secondary N) is 1. The first-order valence-corrected chi connectivity index (χ1v) is 12.2. The van der Waals surface area contributed by atoms with Crippen molar-refractivity contribution in [2.24, 2.45) is 0 Å². The molecule has 0 saturated carbocycles. The predicted octanol–water partition coefficient (Wildman–Crippen LogP) is 4.17. The minimum absolute atomic E-state index is 0.257. The lowest BCUT2D eigenvalue weighted by Gasteiger charge is -2.11. The summed E-state index contributed by atoms with van der Waals surface area (Å²) in [6.07, 6.45) is 0.963. The molecule has 2 aromatic carbocycles. The molecule has 0 atom stereocenters. The number of nitrogens with zero attached hydrogens (tertiary/aromatic N) is 4. The van der Waals surface area contributed by atoms with Gasteiger partial charge in [0.25, 0.3) is 0 Å². The summed E-state index contributed by atoms with van der Waals surface area (Å²) in [7, 11) is -0.426. The van der Waals surface area contributed by atoms with Gasteiger partial charge in [0.05, 0.1) is 32.7 Å². The number of benzene rings is 2. The Morgan fingerprint density at radius 2 is 1.90 bits per heavy atom. The van der Waals surface area contributed by atoms with Crippen molar-refractivity contribution < 1.29 is 8.42 Å². The van der Waals surface area contributed by atoms with Crippen molar-refractivity contribution >= 4 is 43.9 Å². The van der Waals surface area contributed by atoms with E-state index < -0.39 is 10.0 Å². The van der Waals surface area contributed by atoms with Crippen LogP contribution in [0, 0.1) is 6.92 Å². The molecular formula is C21H25N5O2S2. The molecule has 0 aliphatic heterocycles. The first-order valence-electron chi connectivity index (χ1n) is 9.80. The fraction of sp³-hybridized carbons (Fsp3) is 0.333. The Morgan fingerprint density at radius 3 is 2.63 bits per heavy atom. The molecule has 4 aromatic rings. The summed E-state index contributed by atoms with van der Waals surface area (Å²) in [5.41, 5.74) is 4.81. The molecule has 0 aliphatic carbocycles. The zero-order chi connectivity index (χ0) is 21.5. The van der Waals surface area contributed by atoms with Gasteiger partial charge in [-0.3, -0.25) is 0 Å². The summed E-state index contributed by atoms with van der Waals surface area (Å²) in [5, 5.41) is 0.849. The van der Waals surface area contributed by atoms with Gasteiger partial charge < -0.3 is 9.55 Å². The molecule has 0 saturated heterocycles. The van der Waals surface area contributed by atoms with Crippen LogP contribution < -0.4 is 0 Å². The van der Waals surface area contributed by atoms with E-state index in [1.165, 1.54) is 24.0 Å². The number of aromatic amines is 1. The van der Waals surface area contributed by atoms with Crippen LogP contribution in [-0.2, 0) is 22.3 Å². The lowest BCUT2D eigenvalue weighted by Crippen LogP contribution is -2.22. The number of sulfonamides is 1. The van der Waals surface area contributed by atoms with Crippen LogP contribution in [0.2, 0.25) is 0 Å². The Labute approximate surface area is 180 Å². The van der Waals surface area contributed by atoms with E-state index in [1.54, 1.807) is 23.9 Å². The molecule has 158 valence electrons. The summed E-state index contributed by atoms with van der Waals surface area (Å²) >= 11 is 1.60. The highest BCUT2D eigenvalue weighted by atomic mass is 32.2. The van der Waals surface area contributed by atoms with Crippen LogP contribution >= 0.6 is 11.8 Å². The maximum atomic E-state index is 12.5. The summed E-state index contributed by atoms with van der Waals surface area (Å²) in [6.45, 7) is 5.01. The fourth-order valence-corrected chi connectivity index (χ4v) is 5.17. The summed E-state index contributed by atoms with van der Waals surface area (Å²) in [4.78, 5) is 13.0. The van der Waals surface area contributed by atoms with Gasteiger partial charge >= 0.3 is 0 Å². The van der Waals surface area contributed by atoms with Gasteiger partial charge in [-0.1, -0.05) is 24.8 Å². The number of H-pyrrole nitrogens is 1. The average Bonchev–Trinajstić information content (AvgIpc) is 3.26. The number of hydrogen-bond acceptors (Lipinski definition) is 5. The zero-order valence-corrected chi connectivity index (χ0v) is 19.1. The van der Waals surface area contributed by atoms with E-state index >= 15 is 0 Å². The number of imidazole rings is 2. The fourth-order valence-electron chi connectivity index (χ4n) is 3.42. The van der Waals surface area contributed by atoms with Crippen LogP contribution in [0.3, 0.4) is 0 Å². The van der Waals surface area contributed by atoms with Crippen LogP contribution in [0.5, 0.6) is 0 Å². The highest BCUT2D eigenvalue weighted by Crippen LogP contribution is 2.27. The van der Waals surface area contributed by atoms with E-state index in [-0.39, 0.29) is 4.90 Å². The molecule has 7 nitrogen and oxygen atoms in total. The molecule has 0 fully saturated rings. The molecule has 0 aliphatic rings. The van der Waals surface area contributed by atoms with Gasteiger partial charge in [0, 0.05) is 20.6 Å². The van der Waals surface area contributed by atoms with Crippen molar-refractivity contribution in [2.45, 2.75) is 42.6 Å². The average molecular weight is 444 g/mol. The largest absolute Gasteiger partial charge is 0.333 e. The van der Waals surface area contributed by atoms with Gasteiger partial charge in [0.1, 0.15) is 5.82 Å². The normalized spacial score (nSPS) is 12.4. The Hall–Kier alpha value is -2.36. The summed E-state index contributed by atoms with van der Waals surface area (Å²) in [6, 6.07) is 11.3. The molecule has 0 unspecified atom stereocenters. The second kappa shape index (κ2) is 8.05. The van der Waals surface area contributed by atoms with Crippen LogP contribution in [-0.4, -0.2) is 46.3 Å². The highest BCUT2D eigenvalue weighted by molar-refractivity contribution is 7.98. The Kier molecular flexibility index (Phi) is 5.61. The molecule has 2 aromatic heterocycles. The van der Waals surface area contributed by atoms with E-state index in [2.05, 4.69) is 40.5 Å². The van der Waals surface area contributed by atoms with Gasteiger partial charge in [-0.2, -0.15) is 0 Å². The smallest absolute Gasteiger partial charge is 0.242 e. The lowest BCUT2D eigenvalue weighted by molar-refractivity contribution is 0.521. The topological polar surface area (TPSA) is 83.9 Å². The van der Waals surface area contributed by atoms with E-state index in [9.17, 15) is 8.42 Å². The predicted molar refractivity (Wildman–Crippen MR) is 121 cm³/mol. The molecule has 9 heteroatoms. The summed E-state index contributed by atoms with van der Waals surface area (Å²) < 4.78 is 28.4. The van der Waals surface area contributed by atoms with Gasteiger partial charge in [-0.15, -0.1) is 0 Å². The molecule has 30 heavy (non-hydrogen) atoms. The van der Waals surface area contributed by atoms with Gasteiger partial charge in [-0.05, 0) is 49.2 Å². The number of aromatic nitrogens is 4. The van der Waals surface area contributed by atoms with Gasteiger partial charge in [0.2, 0.25) is 10.0 Å². The van der Waals surface area contributed by atoms with Crippen molar-refractivity contribution in [3.05, 3.63) is 47.8 Å². The second-order valence-corrected chi connectivity index (χ2v) is 10.6. The maximum absolute atomic E-state index is 12.5. The zero-order valence-electron chi connectivity index (χ0n) is 17.5. The minimum Gasteiger partial charge on any atom is -0.333 e. The molecule has 0 bridgehead atoms. The van der Waals surface area contributed by atoms with Crippen molar-refractivity contribution in [1.82, 2.24) is 23.8 Å². The molecule has 1 N–H and O–H groups in total. The third-order valence-electron chi connectivity index (χ3n) is 4.98. The SMILES string of the molecule is CCCn1c(CSc2nc3ccc(C)cc3[nH]2)nc2cc(S(=O)(=O)N(C)C)ccc21. The third kappa shape index (κ3) is 3.84. The Balaban J connectivity index is 1.67. The van der Waals surface area contributed by atoms with Crippen LogP contribution in [0.1, 0.15) is 24.7 Å². The number of aryl methyl sites for hydroxylation is 2. The van der Waals surface area contributed by atoms with Crippen molar-refractivity contribution in [2.75, 3.05) is 14.1 Å². The van der Waals surface area contributed by atoms with E-state index in [4.69, 9.17) is 4.98 Å². The van der Waals surface area contributed by atoms with E-state index in [1.807, 2.05) is 12.1 Å². The number of hydrogen-bond donors (Lipinski definition) is 1. The molecule has 2 heterocycles. The molecule has 0 amide bonds. The lowest BCUT2D eigenvalue weighted by atomic mass is 10.2. The standard InChI is InChI=1S/C21H25N5O2S2/c1-5-10-26-19-9-7-15(30(27,28)25(3)4)12-18(19)22-20(26)13-29-21-23-16-8-6-14(2)11-17(16)24-21/h6-9,11-12H,5,10,13H2,1-4H3,(H,23,24). The van der Waals surface area contributed by atoms with Gasteiger partial charge in [-0.25, -0.2) is 22.7 Å². The second-order valence-electron chi connectivity index (χ2n) is 7.47. The highest BCUT2D eigenvalue weighted by Gasteiger charge is 2.20. The number of rotatable bonds is 7. The van der Waals surface area contributed by atoms with Crippen LogP contribution in [0.4, 0.5) is 0 Å². The first kappa shape index (κ1) is 20.9. The molecule has 0 radical (unpaired) electrons. The minimum atomic E-state index is -3.49. The third-order valence-corrected chi connectivity index (χ3v) is 7.66. The van der Waals surface area contributed by atoms with Crippen molar-refractivity contribution in [3.8, 4) is 0 Å². The van der Waals surface area contributed by atoms with E-state index in [0.717, 1.165) is 40.5 Å². The van der Waals surface area contributed by atoms with E-state index in [0.29, 0.717) is 11.3 Å². The van der Waals surface area contributed by atoms with Crippen molar-refractivity contribution in [1.29, 1.82) is 0 Å². The van der Waals surface area contributed by atoms with Crippen LogP contribution in [0.15, 0.2) is 46.5 Å². The number of thioether (sulfide) groups is 1. The molecule has 0 spiro atoms. The maximum Gasteiger partial charge on any atom is 0.242 e. The monoisotopic (exact) mass is 443 g/mol. The van der Waals surface area contributed by atoms with Crippen molar-refractivity contribution in [3.63, 3.8) is 0 Å². The molecular weight excluding hydrogens is 418 g/mol. The quantitative estimate of drug-likeness (QED) is 0.433. The first-order chi connectivity index (χ1) is 14.3. The Bertz CT molecular complexity index is 1320. The number of fused-ring (bicyclic) bond motifs is 2.